The molecular formula is C23H26N2O6. The first-order chi connectivity index (χ1) is 14.9. The molecule has 8 heteroatoms. The van der Waals surface area contributed by atoms with Crippen molar-refractivity contribution in [1.82, 2.24) is 4.90 Å². The van der Waals surface area contributed by atoms with Crippen LogP contribution in [0.15, 0.2) is 45.6 Å². The van der Waals surface area contributed by atoms with E-state index in [4.69, 9.17) is 13.9 Å². The van der Waals surface area contributed by atoms with Gasteiger partial charge in [-0.1, -0.05) is 0 Å². The summed E-state index contributed by atoms with van der Waals surface area (Å²) in [7, 11) is 1.59. The van der Waals surface area contributed by atoms with Crippen molar-refractivity contribution >= 4 is 17.5 Å². The fourth-order valence-corrected chi connectivity index (χ4v) is 4.17. The van der Waals surface area contributed by atoms with Gasteiger partial charge in [0.25, 0.3) is 0 Å². The van der Waals surface area contributed by atoms with Crippen LogP contribution >= 0.6 is 0 Å². The van der Waals surface area contributed by atoms with Crippen LogP contribution in [0.4, 0.5) is 5.69 Å². The van der Waals surface area contributed by atoms with Crippen LogP contribution in [0, 0.1) is 12.8 Å². The minimum Gasteiger partial charge on any atom is -0.497 e. The molecule has 8 nitrogen and oxygen atoms in total. The van der Waals surface area contributed by atoms with Crippen molar-refractivity contribution in [3.63, 3.8) is 0 Å². The van der Waals surface area contributed by atoms with Gasteiger partial charge in [-0.25, -0.2) is 4.79 Å². The van der Waals surface area contributed by atoms with Crippen molar-refractivity contribution in [2.45, 2.75) is 32.3 Å². The van der Waals surface area contributed by atoms with Crippen molar-refractivity contribution in [3.05, 3.63) is 52.6 Å². The summed E-state index contributed by atoms with van der Waals surface area (Å²) >= 11 is 0. The summed E-state index contributed by atoms with van der Waals surface area (Å²) in [4.78, 5) is 40.5. The highest BCUT2D eigenvalue weighted by molar-refractivity contribution is 6.00. The zero-order valence-electron chi connectivity index (χ0n) is 17.7. The number of carbonyl (C=O) groups is 2. The molecule has 0 spiro atoms. The molecule has 2 aromatic rings. The number of aryl methyl sites for hydroxylation is 1. The van der Waals surface area contributed by atoms with Crippen LogP contribution in [-0.4, -0.2) is 49.6 Å². The Morgan fingerprint density at radius 1 is 1.06 bits per heavy atom. The average molecular weight is 426 g/mol. The Labute approximate surface area is 180 Å². The fourth-order valence-electron chi connectivity index (χ4n) is 4.17. The summed E-state index contributed by atoms with van der Waals surface area (Å²) in [5.41, 5.74) is 0.339. The molecular weight excluding hydrogens is 400 g/mol. The molecule has 0 aliphatic carbocycles. The lowest BCUT2D eigenvalue weighted by molar-refractivity contribution is -0.137. The van der Waals surface area contributed by atoms with E-state index < -0.39 is 5.63 Å². The van der Waals surface area contributed by atoms with Gasteiger partial charge in [0.15, 0.2) is 0 Å². The number of ether oxygens (including phenoxy) is 2. The molecule has 164 valence electrons. The SMILES string of the molecule is COc1ccc(N2CC(C(=O)N3CCC(Oc4cc(C)oc(=O)c4)CC3)CC2=O)cc1. The molecule has 1 atom stereocenters. The second kappa shape index (κ2) is 8.83. The van der Waals surface area contributed by atoms with E-state index in [1.807, 2.05) is 17.0 Å². The Kier molecular flexibility index (Phi) is 5.97. The van der Waals surface area contributed by atoms with E-state index in [1.54, 1.807) is 37.1 Å². The first-order valence-corrected chi connectivity index (χ1v) is 10.4. The Morgan fingerprint density at radius 3 is 2.42 bits per heavy atom. The number of carbonyl (C=O) groups excluding carboxylic acids is 2. The van der Waals surface area contributed by atoms with Gasteiger partial charge < -0.3 is 23.7 Å². The van der Waals surface area contributed by atoms with Crippen molar-refractivity contribution in [3.8, 4) is 11.5 Å². The van der Waals surface area contributed by atoms with Crippen LogP contribution in [-0.2, 0) is 9.59 Å². The van der Waals surface area contributed by atoms with Crippen LogP contribution in [0.1, 0.15) is 25.0 Å². The van der Waals surface area contributed by atoms with Gasteiger partial charge in [-0.05, 0) is 31.2 Å². The van der Waals surface area contributed by atoms with Crippen LogP contribution in [0.25, 0.3) is 0 Å². The maximum atomic E-state index is 13.0. The summed E-state index contributed by atoms with van der Waals surface area (Å²) in [6, 6.07) is 10.3. The summed E-state index contributed by atoms with van der Waals surface area (Å²) in [6.45, 7) is 3.22. The summed E-state index contributed by atoms with van der Waals surface area (Å²) in [5, 5.41) is 0. The molecule has 31 heavy (non-hydrogen) atoms. The van der Waals surface area contributed by atoms with E-state index >= 15 is 0 Å². The second-order valence-corrected chi connectivity index (χ2v) is 7.97. The Morgan fingerprint density at radius 2 is 1.77 bits per heavy atom. The maximum absolute atomic E-state index is 13.0. The lowest BCUT2D eigenvalue weighted by Crippen LogP contribution is -2.44. The topological polar surface area (TPSA) is 89.3 Å². The van der Waals surface area contributed by atoms with Crippen LogP contribution in [0.3, 0.4) is 0 Å². The summed E-state index contributed by atoms with van der Waals surface area (Å²) < 4.78 is 16.0. The molecule has 3 heterocycles. The van der Waals surface area contributed by atoms with E-state index in [-0.39, 0.29) is 30.3 Å². The minimum atomic E-state index is -0.435. The number of likely N-dealkylation sites (tertiary alicyclic amines) is 1. The van der Waals surface area contributed by atoms with E-state index in [0.717, 1.165) is 11.4 Å². The van der Waals surface area contributed by atoms with Gasteiger partial charge in [0.05, 0.1) is 19.1 Å². The number of piperidine rings is 1. The highest BCUT2D eigenvalue weighted by Gasteiger charge is 2.38. The molecule has 2 aliphatic heterocycles. The number of methoxy groups -OCH3 is 1. The third kappa shape index (κ3) is 4.73. The van der Waals surface area contributed by atoms with Gasteiger partial charge in [-0.2, -0.15) is 0 Å². The number of hydrogen-bond acceptors (Lipinski definition) is 6. The monoisotopic (exact) mass is 426 g/mol. The van der Waals surface area contributed by atoms with Crippen molar-refractivity contribution < 1.29 is 23.5 Å². The first-order valence-electron chi connectivity index (χ1n) is 10.4. The van der Waals surface area contributed by atoms with Crippen LogP contribution in [0.5, 0.6) is 11.5 Å². The van der Waals surface area contributed by atoms with Crippen LogP contribution < -0.4 is 20.0 Å². The van der Waals surface area contributed by atoms with Crippen molar-refractivity contribution in [2.75, 3.05) is 31.6 Å². The highest BCUT2D eigenvalue weighted by atomic mass is 16.5. The van der Waals surface area contributed by atoms with Gasteiger partial charge in [-0.3, -0.25) is 9.59 Å². The molecule has 0 saturated carbocycles. The highest BCUT2D eigenvalue weighted by Crippen LogP contribution is 2.29. The zero-order valence-corrected chi connectivity index (χ0v) is 17.7. The standard InChI is InChI=1S/C23H26N2O6/c1-15-11-20(13-22(27)30-15)31-19-7-9-24(10-8-19)23(28)16-12-21(26)25(14-16)17-3-5-18(29-2)6-4-17/h3-6,11,13,16,19H,7-10,12,14H2,1-2H3. The molecule has 0 radical (unpaired) electrons. The molecule has 4 rings (SSSR count). The van der Waals surface area contributed by atoms with Crippen LogP contribution in [0.2, 0.25) is 0 Å². The Hall–Kier alpha value is -3.29. The summed E-state index contributed by atoms with van der Waals surface area (Å²) in [6.07, 6.45) is 1.51. The van der Waals surface area contributed by atoms with Crippen molar-refractivity contribution in [2.24, 2.45) is 5.92 Å². The lowest BCUT2D eigenvalue weighted by atomic mass is 10.0. The quantitative estimate of drug-likeness (QED) is 0.729. The molecule has 2 saturated heterocycles. The molecule has 2 amide bonds. The second-order valence-electron chi connectivity index (χ2n) is 7.97. The minimum absolute atomic E-state index is 0.0130. The Balaban J connectivity index is 1.32. The number of hydrogen-bond donors (Lipinski definition) is 0. The average Bonchev–Trinajstić information content (AvgIpc) is 3.15. The van der Waals surface area contributed by atoms with E-state index in [2.05, 4.69) is 0 Å². The number of rotatable bonds is 5. The lowest BCUT2D eigenvalue weighted by Gasteiger charge is -2.33. The predicted octanol–water partition coefficient (Wildman–Crippen LogP) is 2.38. The largest absolute Gasteiger partial charge is 0.497 e. The number of amides is 2. The molecule has 0 N–H and O–H groups in total. The van der Waals surface area contributed by atoms with Gasteiger partial charge in [0, 0.05) is 50.7 Å². The molecule has 2 fully saturated rings. The van der Waals surface area contributed by atoms with Crippen molar-refractivity contribution in [1.29, 1.82) is 0 Å². The molecule has 0 bridgehead atoms. The number of nitrogens with zero attached hydrogens (tertiary/aromatic N) is 2. The van der Waals surface area contributed by atoms with Gasteiger partial charge in [-0.15, -0.1) is 0 Å². The van der Waals surface area contributed by atoms with Gasteiger partial charge in [0.1, 0.15) is 23.4 Å². The predicted molar refractivity (Wildman–Crippen MR) is 113 cm³/mol. The van der Waals surface area contributed by atoms with Gasteiger partial charge in [0.2, 0.25) is 11.8 Å². The molecule has 1 aromatic carbocycles. The Bertz CT molecular complexity index is 1010. The van der Waals surface area contributed by atoms with E-state index in [0.29, 0.717) is 44.0 Å². The first kappa shape index (κ1) is 21.0. The zero-order chi connectivity index (χ0) is 22.0. The molecule has 2 aliphatic rings. The van der Waals surface area contributed by atoms with E-state index in [1.165, 1.54) is 6.07 Å². The van der Waals surface area contributed by atoms with Gasteiger partial charge >= 0.3 is 5.63 Å². The smallest absolute Gasteiger partial charge is 0.339 e. The third-order valence-electron chi connectivity index (χ3n) is 5.78. The fraction of sp³-hybridized carbons (Fsp3) is 0.435. The maximum Gasteiger partial charge on any atom is 0.339 e. The van der Waals surface area contributed by atoms with E-state index in [9.17, 15) is 14.4 Å². The molecule has 1 aromatic heterocycles. The summed E-state index contributed by atoms with van der Waals surface area (Å²) in [5.74, 6) is 1.35. The third-order valence-corrected chi connectivity index (χ3v) is 5.78. The number of benzene rings is 1. The molecule has 1 unspecified atom stereocenters. The number of anilines is 1. The normalized spacial score (nSPS) is 19.5.